The highest BCUT2D eigenvalue weighted by Crippen LogP contribution is 2.41. The number of benzene rings is 1. The smallest absolute Gasteiger partial charge is 0.229 e. The van der Waals surface area contributed by atoms with Crippen LogP contribution in [0.3, 0.4) is 0 Å². The second-order valence-electron chi connectivity index (χ2n) is 7.10. The van der Waals surface area contributed by atoms with Crippen LogP contribution in [0, 0.1) is 5.41 Å². The van der Waals surface area contributed by atoms with Gasteiger partial charge in [-0.15, -0.1) is 0 Å². The fourth-order valence-electron chi connectivity index (χ4n) is 4.11. The van der Waals surface area contributed by atoms with Crippen LogP contribution in [-0.4, -0.2) is 56.1 Å². The maximum Gasteiger partial charge on any atom is 0.229 e. The number of likely N-dealkylation sites (tertiary alicyclic amines) is 2. The molecule has 0 bridgehead atoms. The summed E-state index contributed by atoms with van der Waals surface area (Å²) in [5.74, 6) is 1.67. The maximum absolute atomic E-state index is 12.7. The van der Waals surface area contributed by atoms with Crippen molar-refractivity contribution in [3.8, 4) is 11.5 Å². The van der Waals surface area contributed by atoms with E-state index in [2.05, 4.69) is 4.90 Å². The van der Waals surface area contributed by atoms with Crippen molar-refractivity contribution in [1.82, 2.24) is 9.80 Å². The van der Waals surface area contributed by atoms with Gasteiger partial charge in [-0.1, -0.05) is 11.6 Å². The number of methoxy groups -OCH3 is 1. The molecule has 2 heterocycles. The van der Waals surface area contributed by atoms with Crippen LogP contribution in [-0.2, 0) is 11.3 Å². The summed E-state index contributed by atoms with van der Waals surface area (Å²) in [5, 5.41) is 0.678. The van der Waals surface area contributed by atoms with Crippen molar-refractivity contribution in [1.29, 1.82) is 0 Å². The number of nitrogens with zero attached hydrogens (tertiary/aromatic N) is 2. The highest BCUT2D eigenvalue weighted by molar-refractivity contribution is 6.31. The van der Waals surface area contributed by atoms with E-state index in [1.807, 2.05) is 31.0 Å². The van der Waals surface area contributed by atoms with Gasteiger partial charge in [0.25, 0.3) is 0 Å². The predicted octanol–water partition coefficient (Wildman–Crippen LogP) is 3.19. The summed E-state index contributed by atoms with van der Waals surface area (Å²) in [6, 6.07) is 3.78. The van der Waals surface area contributed by atoms with Gasteiger partial charge >= 0.3 is 0 Å². The lowest BCUT2D eigenvalue weighted by molar-refractivity contribution is -0.143. The Balaban J connectivity index is 1.74. The van der Waals surface area contributed by atoms with Crippen LogP contribution < -0.4 is 9.47 Å². The van der Waals surface area contributed by atoms with Crippen molar-refractivity contribution in [2.24, 2.45) is 5.41 Å². The van der Waals surface area contributed by atoms with Crippen LogP contribution in [0.4, 0.5) is 0 Å². The van der Waals surface area contributed by atoms with Gasteiger partial charge in [0.05, 0.1) is 19.1 Å². The highest BCUT2D eigenvalue weighted by Gasteiger charge is 2.47. The second kappa shape index (κ2) is 7.42. The summed E-state index contributed by atoms with van der Waals surface area (Å²) in [6.07, 6.45) is 3.02. The van der Waals surface area contributed by atoms with E-state index >= 15 is 0 Å². The van der Waals surface area contributed by atoms with E-state index in [1.54, 1.807) is 7.11 Å². The summed E-state index contributed by atoms with van der Waals surface area (Å²) in [4.78, 5) is 16.9. The van der Waals surface area contributed by atoms with Crippen LogP contribution in [0.25, 0.3) is 0 Å². The van der Waals surface area contributed by atoms with Gasteiger partial charge in [0.15, 0.2) is 11.5 Å². The van der Waals surface area contributed by atoms with Crippen molar-refractivity contribution in [3.63, 3.8) is 0 Å². The summed E-state index contributed by atoms with van der Waals surface area (Å²) < 4.78 is 11.0. The minimum atomic E-state index is -0.200. The molecule has 2 aliphatic heterocycles. The molecule has 3 rings (SSSR count). The molecular formula is C19H27ClN2O3. The lowest BCUT2D eigenvalue weighted by atomic mass is 9.78. The molecule has 0 unspecified atom stereocenters. The first-order valence-electron chi connectivity index (χ1n) is 8.96. The summed E-state index contributed by atoms with van der Waals surface area (Å²) in [5.41, 5.74) is 0.810. The van der Waals surface area contributed by atoms with Crippen molar-refractivity contribution in [2.45, 2.75) is 32.7 Å². The number of amides is 1. The fourth-order valence-corrected chi connectivity index (χ4v) is 4.32. The molecule has 0 radical (unpaired) electrons. The number of ether oxygens (including phenoxy) is 2. The molecule has 5 nitrogen and oxygen atoms in total. The lowest BCUT2D eigenvalue weighted by Crippen LogP contribution is -2.48. The molecule has 0 aliphatic carbocycles. The Kier molecular flexibility index (Phi) is 5.44. The van der Waals surface area contributed by atoms with Crippen molar-refractivity contribution in [2.75, 3.05) is 40.4 Å². The zero-order valence-corrected chi connectivity index (χ0v) is 16.1. The first-order chi connectivity index (χ1) is 12.0. The number of halogens is 1. The van der Waals surface area contributed by atoms with Gasteiger partial charge in [-0.3, -0.25) is 9.69 Å². The van der Waals surface area contributed by atoms with E-state index in [0.717, 1.165) is 51.0 Å². The van der Waals surface area contributed by atoms with Crippen LogP contribution in [0.1, 0.15) is 31.7 Å². The van der Waals surface area contributed by atoms with Gasteiger partial charge in [0, 0.05) is 37.8 Å². The molecule has 6 heteroatoms. The minimum absolute atomic E-state index is 0.200. The van der Waals surface area contributed by atoms with Gasteiger partial charge in [0.2, 0.25) is 5.91 Å². The summed E-state index contributed by atoms with van der Waals surface area (Å²) >= 11 is 6.46. The lowest BCUT2D eigenvalue weighted by Gasteiger charge is -2.37. The molecule has 138 valence electrons. The molecule has 1 aromatic rings. The molecule has 1 aromatic carbocycles. The van der Waals surface area contributed by atoms with Crippen LogP contribution in [0.2, 0.25) is 5.02 Å². The standard InChI is InChI=1S/C19H27ClN2O3/c1-4-25-17-11-15(20)14(10-16(17)24-3)12-22-9-7-19(13-22)6-5-8-21(2)18(19)23/h10-11H,4-9,12-13H2,1-3H3/t19-/m0/s1. The number of hydrogen-bond acceptors (Lipinski definition) is 4. The molecule has 1 spiro atoms. The SMILES string of the molecule is CCOc1cc(Cl)c(CN2CC[C@@]3(CCCN(C)C3=O)C2)cc1OC. The highest BCUT2D eigenvalue weighted by atomic mass is 35.5. The number of hydrogen-bond donors (Lipinski definition) is 0. The van der Waals surface area contributed by atoms with Crippen molar-refractivity contribution < 1.29 is 14.3 Å². The largest absolute Gasteiger partial charge is 0.493 e. The molecule has 0 aromatic heterocycles. The Hall–Kier alpha value is -1.46. The van der Waals surface area contributed by atoms with Crippen LogP contribution >= 0.6 is 11.6 Å². The van der Waals surface area contributed by atoms with Gasteiger partial charge in [-0.25, -0.2) is 0 Å². The van der Waals surface area contributed by atoms with E-state index in [0.29, 0.717) is 29.0 Å². The molecule has 2 saturated heterocycles. The molecule has 0 saturated carbocycles. The molecule has 1 atom stereocenters. The quantitative estimate of drug-likeness (QED) is 0.802. The number of rotatable bonds is 5. The average molecular weight is 367 g/mol. The summed E-state index contributed by atoms with van der Waals surface area (Å²) in [6.45, 7) is 5.83. The average Bonchev–Trinajstić information content (AvgIpc) is 2.99. The van der Waals surface area contributed by atoms with E-state index in [4.69, 9.17) is 21.1 Å². The van der Waals surface area contributed by atoms with Gasteiger partial charge in [0.1, 0.15) is 0 Å². The molecule has 0 N–H and O–H groups in total. The van der Waals surface area contributed by atoms with E-state index in [-0.39, 0.29) is 5.41 Å². The third kappa shape index (κ3) is 3.58. The predicted molar refractivity (Wildman–Crippen MR) is 98.4 cm³/mol. The van der Waals surface area contributed by atoms with E-state index < -0.39 is 0 Å². The zero-order chi connectivity index (χ0) is 18.0. The minimum Gasteiger partial charge on any atom is -0.493 e. The Morgan fingerprint density at radius 3 is 2.76 bits per heavy atom. The Morgan fingerprint density at radius 1 is 1.24 bits per heavy atom. The molecule has 1 amide bonds. The van der Waals surface area contributed by atoms with Gasteiger partial charge in [-0.05, 0) is 44.4 Å². The maximum atomic E-state index is 12.7. The first-order valence-corrected chi connectivity index (χ1v) is 9.34. The summed E-state index contributed by atoms with van der Waals surface area (Å²) in [7, 11) is 3.55. The third-order valence-corrected chi connectivity index (χ3v) is 5.76. The molecule has 2 fully saturated rings. The monoisotopic (exact) mass is 366 g/mol. The zero-order valence-electron chi connectivity index (χ0n) is 15.3. The fraction of sp³-hybridized carbons (Fsp3) is 0.632. The number of piperidine rings is 1. The van der Waals surface area contributed by atoms with Crippen molar-refractivity contribution in [3.05, 3.63) is 22.7 Å². The first kappa shape index (κ1) is 18.3. The Morgan fingerprint density at radius 2 is 2.04 bits per heavy atom. The third-order valence-electron chi connectivity index (χ3n) is 5.41. The van der Waals surface area contributed by atoms with Crippen LogP contribution in [0.15, 0.2) is 12.1 Å². The van der Waals surface area contributed by atoms with Crippen LogP contribution in [0.5, 0.6) is 11.5 Å². The van der Waals surface area contributed by atoms with E-state index in [9.17, 15) is 4.79 Å². The second-order valence-corrected chi connectivity index (χ2v) is 7.51. The van der Waals surface area contributed by atoms with E-state index in [1.165, 1.54) is 0 Å². The topological polar surface area (TPSA) is 42.0 Å². The Labute approximate surface area is 154 Å². The molecule has 2 aliphatic rings. The normalized spacial score (nSPS) is 24.2. The molecule has 25 heavy (non-hydrogen) atoms. The van der Waals surface area contributed by atoms with Gasteiger partial charge in [-0.2, -0.15) is 0 Å². The van der Waals surface area contributed by atoms with Gasteiger partial charge < -0.3 is 14.4 Å². The number of carbonyl (C=O) groups excluding carboxylic acids is 1. The number of carbonyl (C=O) groups is 1. The Bertz CT molecular complexity index is 652. The molecular weight excluding hydrogens is 340 g/mol. The van der Waals surface area contributed by atoms with Crippen molar-refractivity contribution >= 4 is 17.5 Å².